The third-order valence-electron chi connectivity index (χ3n) is 8.15. The first-order valence-electron chi connectivity index (χ1n) is 12.4. The molecule has 36 heavy (non-hydrogen) atoms. The molecule has 0 aromatic heterocycles. The largest absolute Gasteiger partial charge is 0.0843 e. The van der Waals surface area contributed by atoms with Crippen molar-refractivity contribution >= 4 is 22.4 Å². The molecule has 0 amide bonds. The minimum atomic E-state index is -0.410. The van der Waals surface area contributed by atoms with Gasteiger partial charge in [-0.2, -0.15) is 0 Å². The van der Waals surface area contributed by atoms with Gasteiger partial charge in [-0.05, 0) is 78.5 Å². The predicted molar refractivity (Wildman–Crippen MR) is 151 cm³/mol. The molecule has 1 atom stereocenters. The molecule has 0 aliphatic heterocycles. The maximum atomic E-state index is 6.31. The third-order valence-corrected chi connectivity index (χ3v) is 8.40. The fourth-order valence-corrected chi connectivity index (χ4v) is 6.98. The van der Waals surface area contributed by atoms with Crippen molar-refractivity contribution in [3.63, 3.8) is 0 Å². The number of hydrogen-bond acceptors (Lipinski definition) is 0. The van der Waals surface area contributed by atoms with E-state index in [-0.39, 0.29) is 0 Å². The lowest BCUT2D eigenvalue weighted by Crippen LogP contribution is -2.32. The minimum Gasteiger partial charge on any atom is -0.0843 e. The van der Waals surface area contributed by atoms with Gasteiger partial charge in [0.05, 0.1) is 5.41 Å². The van der Waals surface area contributed by atoms with Gasteiger partial charge in [0, 0.05) is 5.02 Å². The van der Waals surface area contributed by atoms with Gasteiger partial charge in [0.1, 0.15) is 0 Å². The maximum Gasteiger partial charge on any atom is 0.0731 e. The molecular weight excluding hydrogens is 456 g/mol. The van der Waals surface area contributed by atoms with Gasteiger partial charge in [0.2, 0.25) is 0 Å². The molecule has 0 heterocycles. The first kappa shape index (κ1) is 20.1. The van der Waals surface area contributed by atoms with Gasteiger partial charge in [-0.15, -0.1) is 0 Å². The molecular formula is C35H21Cl. The molecule has 1 unspecified atom stereocenters. The van der Waals surface area contributed by atoms with E-state index in [1.807, 2.05) is 12.1 Å². The third kappa shape index (κ3) is 2.40. The van der Waals surface area contributed by atoms with E-state index in [4.69, 9.17) is 11.6 Å². The smallest absolute Gasteiger partial charge is 0.0731 e. The van der Waals surface area contributed by atoms with Crippen LogP contribution in [0.25, 0.3) is 44.2 Å². The minimum absolute atomic E-state index is 0.410. The van der Waals surface area contributed by atoms with E-state index in [2.05, 4.69) is 115 Å². The van der Waals surface area contributed by atoms with Crippen LogP contribution in [0.15, 0.2) is 127 Å². The second kappa shape index (κ2) is 7.20. The lowest BCUT2D eigenvalue weighted by molar-refractivity contribution is 0.775. The van der Waals surface area contributed by atoms with Crippen LogP contribution in [-0.4, -0.2) is 0 Å². The topological polar surface area (TPSA) is 0 Å². The highest BCUT2D eigenvalue weighted by Crippen LogP contribution is 2.63. The molecule has 6 aromatic rings. The van der Waals surface area contributed by atoms with Crippen molar-refractivity contribution in [3.05, 3.63) is 155 Å². The van der Waals surface area contributed by atoms with E-state index >= 15 is 0 Å². The van der Waals surface area contributed by atoms with Gasteiger partial charge in [-0.1, -0.05) is 127 Å². The Hall–Kier alpha value is -4.13. The summed E-state index contributed by atoms with van der Waals surface area (Å²) in [6.45, 7) is 0. The van der Waals surface area contributed by atoms with Crippen LogP contribution in [0, 0.1) is 0 Å². The highest BCUT2D eigenvalue weighted by atomic mass is 35.5. The quantitative estimate of drug-likeness (QED) is 0.221. The summed E-state index contributed by atoms with van der Waals surface area (Å²) < 4.78 is 0. The summed E-state index contributed by atoms with van der Waals surface area (Å²) in [5, 5.41) is 3.40. The Balaban J connectivity index is 1.63. The highest BCUT2D eigenvalue weighted by Gasteiger charge is 2.51. The lowest BCUT2D eigenvalue weighted by Gasteiger charge is -2.41. The summed E-state index contributed by atoms with van der Waals surface area (Å²) in [4.78, 5) is 0. The standard InChI is InChI=1S/C35H21Cl/c36-24-20-18-22(19-21-24)25-12-7-14-29-27-11-2-4-16-31(27)35(34(25)29)30-15-3-1-10-26(30)28-13-5-8-23-9-6-17-32(35)33(23)28/h1-21H. The van der Waals surface area contributed by atoms with E-state index < -0.39 is 5.41 Å². The normalized spacial score (nSPS) is 16.6. The summed E-state index contributed by atoms with van der Waals surface area (Å²) in [6.07, 6.45) is 0. The van der Waals surface area contributed by atoms with Crippen molar-refractivity contribution in [1.82, 2.24) is 0 Å². The van der Waals surface area contributed by atoms with Crippen LogP contribution < -0.4 is 0 Å². The monoisotopic (exact) mass is 476 g/mol. The van der Waals surface area contributed by atoms with Crippen molar-refractivity contribution in [2.45, 2.75) is 5.41 Å². The Labute approximate surface area is 215 Å². The molecule has 0 fully saturated rings. The summed E-state index contributed by atoms with van der Waals surface area (Å²) >= 11 is 6.31. The van der Waals surface area contributed by atoms with Gasteiger partial charge in [0.15, 0.2) is 0 Å². The van der Waals surface area contributed by atoms with Crippen molar-refractivity contribution in [3.8, 4) is 33.4 Å². The van der Waals surface area contributed by atoms with Gasteiger partial charge in [0.25, 0.3) is 0 Å². The zero-order valence-corrected chi connectivity index (χ0v) is 20.3. The van der Waals surface area contributed by atoms with Crippen LogP contribution in [-0.2, 0) is 5.41 Å². The van der Waals surface area contributed by atoms with E-state index in [9.17, 15) is 0 Å². The van der Waals surface area contributed by atoms with E-state index in [1.165, 1.54) is 66.4 Å². The molecule has 2 aliphatic rings. The molecule has 0 saturated heterocycles. The van der Waals surface area contributed by atoms with Crippen LogP contribution in [0.3, 0.4) is 0 Å². The molecule has 6 aromatic carbocycles. The Morgan fingerprint density at radius 1 is 0.417 bits per heavy atom. The SMILES string of the molecule is Clc1ccc(-c2cccc3c2C2(c4ccccc4-3)c3ccccc3-c3cccc4cccc2c34)cc1. The van der Waals surface area contributed by atoms with Gasteiger partial charge >= 0.3 is 0 Å². The molecule has 0 bridgehead atoms. The molecule has 0 radical (unpaired) electrons. The Kier molecular flexibility index (Phi) is 4.02. The first-order chi connectivity index (χ1) is 17.8. The Morgan fingerprint density at radius 3 is 1.69 bits per heavy atom. The van der Waals surface area contributed by atoms with Crippen LogP contribution in [0.5, 0.6) is 0 Å². The van der Waals surface area contributed by atoms with Crippen LogP contribution in [0.1, 0.15) is 22.3 Å². The average Bonchev–Trinajstić information content (AvgIpc) is 3.23. The summed E-state index contributed by atoms with van der Waals surface area (Å²) in [5.41, 5.74) is 12.7. The molecule has 0 N–H and O–H groups in total. The molecule has 168 valence electrons. The van der Waals surface area contributed by atoms with Gasteiger partial charge < -0.3 is 0 Å². The van der Waals surface area contributed by atoms with E-state index in [0.29, 0.717) is 0 Å². The molecule has 0 nitrogen and oxygen atoms in total. The van der Waals surface area contributed by atoms with Crippen LogP contribution in [0.4, 0.5) is 0 Å². The number of rotatable bonds is 1. The summed E-state index contributed by atoms with van der Waals surface area (Å²) in [5.74, 6) is 0. The molecule has 1 spiro atoms. The molecule has 1 heteroatoms. The fraction of sp³-hybridized carbons (Fsp3) is 0.0286. The zero-order valence-electron chi connectivity index (χ0n) is 19.5. The number of fused-ring (bicyclic) bond motifs is 9. The predicted octanol–water partition coefficient (Wildman–Crippen LogP) is 9.50. The number of hydrogen-bond donors (Lipinski definition) is 0. The van der Waals surface area contributed by atoms with Gasteiger partial charge in [-0.25, -0.2) is 0 Å². The summed E-state index contributed by atoms with van der Waals surface area (Å²) in [7, 11) is 0. The van der Waals surface area contributed by atoms with Gasteiger partial charge in [-0.3, -0.25) is 0 Å². The number of benzene rings is 6. The van der Waals surface area contributed by atoms with Crippen LogP contribution >= 0.6 is 11.6 Å². The Morgan fingerprint density at radius 2 is 0.944 bits per heavy atom. The highest BCUT2D eigenvalue weighted by molar-refractivity contribution is 6.30. The van der Waals surface area contributed by atoms with Crippen molar-refractivity contribution in [2.24, 2.45) is 0 Å². The van der Waals surface area contributed by atoms with E-state index in [1.54, 1.807) is 0 Å². The second-order valence-electron chi connectivity index (χ2n) is 9.79. The van der Waals surface area contributed by atoms with E-state index in [0.717, 1.165) is 5.02 Å². The molecule has 2 aliphatic carbocycles. The van der Waals surface area contributed by atoms with Crippen molar-refractivity contribution in [2.75, 3.05) is 0 Å². The fourth-order valence-electron chi connectivity index (χ4n) is 6.86. The maximum absolute atomic E-state index is 6.31. The molecule has 0 saturated carbocycles. The van der Waals surface area contributed by atoms with Crippen molar-refractivity contribution < 1.29 is 0 Å². The summed E-state index contributed by atoms with van der Waals surface area (Å²) in [6, 6.07) is 46.6. The lowest BCUT2D eigenvalue weighted by atomic mass is 9.60. The Bertz CT molecular complexity index is 1840. The van der Waals surface area contributed by atoms with Crippen molar-refractivity contribution in [1.29, 1.82) is 0 Å². The van der Waals surface area contributed by atoms with Crippen LogP contribution in [0.2, 0.25) is 5.02 Å². The first-order valence-corrected chi connectivity index (χ1v) is 12.8. The average molecular weight is 477 g/mol. The zero-order chi connectivity index (χ0) is 23.9. The second-order valence-corrected chi connectivity index (χ2v) is 10.2. The number of halogens is 1. The molecule has 8 rings (SSSR count).